The van der Waals surface area contributed by atoms with Gasteiger partial charge in [-0.2, -0.15) is 0 Å². The van der Waals surface area contributed by atoms with Gasteiger partial charge < -0.3 is 15.0 Å². The number of benzene rings is 3. The van der Waals surface area contributed by atoms with Gasteiger partial charge in [0.05, 0.1) is 17.7 Å². The zero-order valence-corrected chi connectivity index (χ0v) is 24.9. The van der Waals surface area contributed by atoms with Gasteiger partial charge in [0, 0.05) is 12.6 Å². The molecule has 0 saturated heterocycles. The molecule has 3 aromatic rings. The highest BCUT2D eigenvalue weighted by molar-refractivity contribution is 7.92. The molecule has 0 aliphatic carbocycles. The Kier molecular flexibility index (Phi) is 10.3. The summed E-state index contributed by atoms with van der Waals surface area (Å²) in [6, 6.07) is 19.8. The van der Waals surface area contributed by atoms with Gasteiger partial charge in [0.15, 0.2) is 0 Å². The minimum atomic E-state index is -4.11. The van der Waals surface area contributed by atoms with Gasteiger partial charge in [0.25, 0.3) is 10.0 Å². The minimum absolute atomic E-state index is 0.0749. The van der Waals surface area contributed by atoms with Crippen molar-refractivity contribution in [2.45, 2.75) is 64.6 Å². The number of hydrogen-bond donors (Lipinski definition) is 1. The van der Waals surface area contributed by atoms with E-state index in [1.807, 2.05) is 52.8 Å². The van der Waals surface area contributed by atoms with E-state index >= 15 is 0 Å². The topological polar surface area (TPSA) is 96.0 Å². The van der Waals surface area contributed by atoms with E-state index in [1.165, 1.54) is 17.0 Å². The smallest absolute Gasteiger partial charge is 0.264 e. The fourth-order valence-electron chi connectivity index (χ4n) is 4.61. The number of carbonyl (C=O) groups is 2. The molecule has 0 saturated carbocycles. The van der Waals surface area contributed by atoms with Crippen molar-refractivity contribution in [2.24, 2.45) is 0 Å². The predicted molar refractivity (Wildman–Crippen MR) is 158 cm³/mol. The number of methoxy groups -OCH3 is 1. The number of ether oxygens (including phenoxy) is 1. The van der Waals surface area contributed by atoms with Gasteiger partial charge in [-0.05, 0) is 87.2 Å². The largest absolute Gasteiger partial charge is 0.497 e. The van der Waals surface area contributed by atoms with E-state index in [9.17, 15) is 18.0 Å². The SMILES string of the molecule is CCC(C(=O)NC(C)C)N(Cc1cccc(OC)c1)C(=O)CN(c1cc(C)cc(C)c1)S(=O)(=O)c1ccccc1. The second kappa shape index (κ2) is 13.5. The quantitative estimate of drug-likeness (QED) is 0.339. The highest BCUT2D eigenvalue weighted by Gasteiger charge is 2.34. The number of amides is 2. The molecule has 0 aromatic heterocycles. The highest BCUT2D eigenvalue weighted by Crippen LogP contribution is 2.27. The number of carbonyl (C=O) groups excluding carboxylic acids is 2. The van der Waals surface area contributed by atoms with Crippen molar-refractivity contribution in [3.05, 3.63) is 89.5 Å². The van der Waals surface area contributed by atoms with Crippen LogP contribution in [0, 0.1) is 13.8 Å². The Morgan fingerprint density at radius 2 is 1.57 bits per heavy atom. The molecule has 0 radical (unpaired) electrons. The van der Waals surface area contributed by atoms with Crippen LogP contribution in [0.25, 0.3) is 0 Å². The Hall–Kier alpha value is -3.85. The number of sulfonamides is 1. The van der Waals surface area contributed by atoms with Crippen LogP contribution in [0.1, 0.15) is 43.9 Å². The summed E-state index contributed by atoms with van der Waals surface area (Å²) in [5, 5.41) is 2.90. The molecule has 8 nitrogen and oxygen atoms in total. The monoisotopic (exact) mass is 565 g/mol. The summed E-state index contributed by atoms with van der Waals surface area (Å²) in [5.74, 6) is -0.169. The lowest BCUT2D eigenvalue weighted by atomic mass is 10.1. The fourth-order valence-corrected chi connectivity index (χ4v) is 6.03. The molecular weight excluding hydrogens is 526 g/mol. The Balaban J connectivity index is 2.09. The second-order valence-electron chi connectivity index (χ2n) is 10.1. The van der Waals surface area contributed by atoms with E-state index in [1.54, 1.807) is 49.6 Å². The normalized spacial score (nSPS) is 12.1. The second-order valence-corrected chi connectivity index (χ2v) is 12.0. The van der Waals surface area contributed by atoms with Crippen molar-refractivity contribution in [2.75, 3.05) is 18.0 Å². The van der Waals surface area contributed by atoms with Crippen LogP contribution in [0.15, 0.2) is 77.7 Å². The summed E-state index contributed by atoms with van der Waals surface area (Å²) in [6.45, 7) is 8.93. The lowest BCUT2D eigenvalue weighted by Crippen LogP contribution is -2.53. The highest BCUT2D eigenvalue weighted by atomic mass is 32.2. The van der Waals surface area contributed by atoms with E-state index in [-0.39, 0.29) is 23.4 Å². The molecule has 0 aliphatic rings. The van der Waals surface area contributed by atoms with Crippen molar-refractivity contribution in [1.29, 1.82) is 0 Å². The molecule has 3 aromatic carbocycles. The van der Waals surface area contributed by atoms with Gasteiger partial charge in [-0.1, -0.05) is 43.3 Å². The Labute approximate surface area is 238 Å². The maximum absolute atomic E-state index is 14.1. The van der Waals surface area contributed by atoms with E-state index in [0.717, 1.165) is 21.0 Å². The van der Waals surface area contributed by atoms with Gasteiger partial charge in [0.1, 0.15) is 18.3 Å². The molecule has 214 valence electrons. The van der Waals surface area contributed by atoms with Crippen LogP contribution in [0.4, 0.5) is 5.69 Å². The first-order valence-electron chi connectivity index (χ1n) is 13.3. The van der Waals surface area contributed by atoms with Crippen molar-refractivity contribution in [3.63, 3.8) is 0 Å². The third-order valence-electron chi connectivity index (χ3n) is 6.41. The molecule has 0 heterocycles. The van der Waals surface area contributed by atoms with Gasteiger partial charge in [-0.25, -0.2) is 8.42 Å². The lowest BCUT2D eigenvalue weighted by Gasteiger charge is -2.33. The molecule has 0 fully saturated rings. The Morgan fingerprint density at radius 1 is 0.925 bits per heavy atom. The van der Waals surface area contributed by atoms with Gasteiger partial charge in [0.2, 0.25) is 11.8 Å². The summed E-state index contributed by atoms with van der Waals surface area (Å²) in [4.78, 5) is 28.9. The van der Waals surface area contributed by atoms with Crippen LogP contribution in [0.2, 0.25) is 0 Å². The fraction of sp³-hybridized carbons (Fsp3) is 0.355. The van der Waals surface area contributed by atoms with Crippen molar-refractivity contribution in [3.8, 4) is 5.75 Å². The molecule has 40 heavy (non-hydrogen) atoms. The molecule has 1 atom stereocenters. The number of aryl methyl sites for hydroxylation is 2. The Morgan fingerprint density at radius 3 is 2.15 bits per heavy atom. The summed E-state index contributed by atoms with van der Waals surface area (Å²) in [7, 11) is -2.55. The number of nitrogens with one attached hydrogen (secondary N) is 1. The maximum atomic E-state index is 14.1. The standard InChI is InChI=1S/C31H39N3O5S/c1-7-29(31(36)32-22(2)3)33(20-25-12-11-13-27(19-25)39-6)30(35)21-34(26-17-23(4)16-24(5)18-26)40(37,38)28-14-9-8-10-15-28/h8-19,22,29H,7,20-21H2,1-6H3,(H,32,36). The van der Waals surface area contributed by atoms with Gasteiger partial charge >= 0.3 is 0 Å². The minimum Gasteiger partial charge on any atom is -0.497 e. The molecule has 1 N–H and O–H groups in total. The van der Waals surface area contributed by atoms with E-state index < -0.39 is 28.5 Å². The molecule has 0 bridgehead atoms. The molecule has 0 spiro atoms. The average Bonchev–Trinajstić information content (AvgIpc) is 2.91. The molecule has 1 unspecified atom stereocenters. The summed E-state index contributed by atoms with van der Waals surface area (Å²) in [6.07, 6.45) is 0.350. The number of nitrogens with zero attached hydrogens (tertiary/aromatic N) is 2. The first kappa shape index (κ1) is 30.7. The zero-order chi connectivity index (χ0) is 29.4. The van der Waals surface area contributed by atoms with Crippen LogP contribution >= 0.6 is 0 Å². The third kappa shape index (κ3) is 7.63. The van der Waals surface area contributed by atoms with Crippen LogP contribution in [-0.4, -0.2) is 50.9 Å². The number of anilines is 1. The third-order valence-corrected chi connectivity index (χ3v) is 8.20. The number of rotatable bonds is 12. The molecule has 0 aliphatic heterocycles. The average molecular weight is 566 g/mol. The lowest BCUT2D eigenvalue weighted by molar-refractivity contribution is -0.140. The van der Waals surface area contributed by atoms with Crippen LogP contribution in [-0.2, 0) is 26.2 Å². The van der Waals surface area contributed by atoms with Crippen LogP contribution in [0.5, 0.6) is 5.75 Å². The predicted octanol–water partition coefficient (Wildman–Crippen LogP) is 4.84. The van der Waals surface area contributed by atoms with Crippen molar-refractivity contribution in [1.82, 2.24) is 10.2 Å². The first-order chi connectivity index (χ1) is 19.0. The van der Waals surface area contributed by atoms with E-state index in [0.29, 0.717) is 17.9 Å². The molecule has 2 amide bonds. The summed E-state index contributed by atoms with van der Waals surface area (Å²) >= 11 is 0. The number of hydrogen-bond acceptors (Lipinski definition) is 5. The van der Waals surface area contributed by atoms with Crippen molar-refractivity contribution < 1.29 is 22.7 Å². The molecular formula is C31H39N3O5S. The zero-order valence-electron chi connectivity index (χ0n) is 24.0. The first-order valence-corrected chi connectivity index (χ1v) is 14.8. The van der Waals surface area contributed by atoms with Crippen LogP contribution in [0.3, 0.4) is 0 Å². The van der Waals surface area contributed by atoms with E-state index in [4.69, 9.17) is 4.74 Å². The summed E-state index contributed by atoms with van der Waals surface area (Å²) < 4.78 is 34.4. The molecule has 3 rings (SSSR count). The Bertz CT molecular complexity index is 1400. The summed E-state index contributed by atoms with van der Waals surface area (Å²) in [5.41, 5.74) is 2.88. The van der Waals surface area contributed by atoms with Gasteiger partial charge in [-0.3, -0.25) is 13.9 Å². The van der Waals surface area contributed by atoms with Gasteiger partial charge in [-0.15, -0.1) is 0 Å². The maximum Gasteiger partial charge on any atom is 0.264 e. The van der Waals surface area contributed by atoms with Crippen molar-refractivity contribution >= 4 is 27.5 Å². The molecule has 9 heteroatoms. The van der Waals surface area contributed by atoms with E-state index in [2.05, 4.69) is 5.32 Å². The van der Waals surface area contributed by atoms with Crippen LogP contribution < -0.4 is 14.4 Å².